The number of carbonyl (C=O) groups is 3. The van der Waals surface area contributed by atoms with E-state index in [2.05, 4.69) is 12.2 Å². The van der Waals surface area contributed by atoms with Gasteiger partial charge in [-0.05, 0) is 50.9 Å². The van der Waals surface area contributed by atoms with Gasteiger partial charge in [-0.1, -0.05) is 12.2 Å². The quantitative estimate of drug-likeness (QED) is 0.574. The summed E-state index contributed by atoms with van der Waals surface area (Å²) in [5.41, 5.74) is 0. The Morgan fingerprint density at radius 2 is 1.52 bits per heavy atom. The molecule has 124 valence electrons. The van der Waals surface area contributed by atoms with Gasteiger partial charge in [-0.25, -0.2) is 0 Å². The monoisotopic (exact) mass is 316 g/mol. The van der Waals surface area contributed by atoms with Crippen LogP contribution in [-0.2, 0) is 14.4 Å². The van der Waals surface area contributed by atoms with Crippen molar-refractivity contribution >= 4 is 17.7 Å². The number of amides is 3. The van der Waals surface area contributed by atoms with E-state index in [-0.39, 0.29) is 41.4 Å². The molecule has 2 bridgehead atoms. The van der Waals surface area contributed by atoms with E-state index in [0.29, 0.717) is 0 Å². The maximum absolute atomic E-state index is 12.9. The van der Waals surface area contributed by atoms with Crippen LogP contribution in [0.5, 0.6) is 0 Å². The highest BCUT2D eigenvalue weighted by Gasteiger charge is 2.58. The van der Waals surface area contributed by atoms with Crippen LogP contribution in [-0.4, -0.2) is 46.7 Å². The number of hydrogen-bond acceptors (Lipinski definition) is 3. The molecule has 0 aromatic rings. The summed E-state index contributed by atoms with van der Waals surface area (Å²) >= 11 is 0. The maximum atomic E-state index is 12.9. The predicted octanol–water partition coefficient (Wildman–Crippen LogP) is 1.58. The standard InChI is InChI=1S/C18H24N2O3/c1-11(16(21)19-9-3-2-4-10-19)20-17(22)14-12-5-6-13(8-7-12)15(14)18(20)23/h5-6,11-15H,2-4,7-10H2,1H3/t11-,12-,13-,14-,15+/m0/s1. The van der Waals surface area contributed by atoms with Crippen LogP contribution < -0.4 is 0 Å². The van der Waals surface area contributed by atoms with Gasteiger partial charge in [0.05, 0.1) is 11.8 Å². The summed E-state index contributed by atoms with van der Waals surface area (Å²) < 4.78 is 0. The average molecular weight is 316 g/mol. The molecule has 5 atom stereocenters. The molecule has 3 fully saturated rings. The molecule has 5 heteroatoms. The SMILES string of the molecule is C[C@@H](C(=O)N1CCCCC1)N1C(=O)[C@@H]2[C@H](C1=O)[C@H]1C=C[C@H]2CC1. The summed E-state index contributed by atoms with van der Waals surface area (Å²) in [5.74, 6) is -0.364. The smallest absolute Gasteiger partial charge is 0.245 e. The lowest BCUT2D eigenvalue weighted by atomic mass is 9.63. The van der Waals surface area contributed by atoms with Crippen LogP contribution in [0.1, 0.15) is 39.0 Å². The van der Waals surface area contributed by atoms with Crippen LogP contribution in [0.2, 0.25) is 0 Å². The lowest BCUT2D eigenvalue weighted by Gasteiger charge is -2.38. The largest absolute Gasteiger partial charge is 0.341 e. The number of allylic oxidation sites excluding steroid dienone is 2. The van der Waals surface area contributed by atoms with Crippen LogP contribution in [0.3, 0.4) is 0 Å². The summed E-state index contributed by atoms with van der Waals surface area (Å²) in [7, 11) is 0. The zero-order valence-electron chi connectivity index (χ0n) is 13.6. The number of fused-ring (bicyclic) bond motifs is 1. The first kappa shape index (κ1) is 14.9. The lowest BCUT2D eigenvalue weighted by molar-refractivity contribution is -0.151. The normalized spacial score (nSPS) is 37.3. The molecule has 2 saturated heterocycles. The molecule has 23 heavy (non-hydrogen) atoms. The first-order valence-corrected chi connectivity index (χ1v) is 8.93. The van der Waals surface area contributed by atoms with Crippen LogP contribution in [0.25, 0.3) is 0 Å². The molecule has 1 saturated carbocycles. The summed E-state index contributed by atoms with van der Waals surface area (Å²) in [6.07, 6.45) is 9.38. The van der Waals surface area contributed by atoms with Gasteiger partial charge >= 0.3 is 0 Å². The summed E-state index contributed by atoms with van der Waals surface area (Å²) in [6, 6.07) is -0.655. The number of nitrogens with zero attached hydrogens (tertiary/aromatic N) is 2. The van der Waals surface area contributed by atoms with Crippen molar-refractivity contribution < 1.29 is 14.4 Å². The third kappa shape index (κ3) is 2.16. The zero-order valence-corrected chi connectivity index (χ0v) is 13.6. The minimum atomic E-state index is -0.655. The van der Waals surface area contributed by atoms with E-state index in [4.69, 9.17) is 0 Å². The fourth-order valence-corrected chi connectivity index (χ4v) is 4.97. The van der Waals surface area contributed by atoms with Gasteiger partial charge < -0.3 is 4.90 Å². The molecule has 0 aromatic heterocycles. The van der Waals surface area contributed by atoms with E-state index in [1.54, 1.807) is 6.92 Å². The number of imide groups is 1. The van der Waals surface area contributed by atoms with Gasteiger partial charge in [-0.2, -0.15) is 0 Å². The molecule has 0 aromatic carbocycles. The number of likely N-dealkylation sites (tertiary alicyclic amines) is 2. The van der Waals surface area contributed by atoms with Gasteiger partial charge in [0.15, 0.2) is 0 Å². The highest BCUT2D eigenvalue weighted by Crippen LogP contribution is 2.50. The first-order valence-electron chi connectivity index (χ1n) is 8.93. The van der Waals surface area contributed by atoms with Crippen LogP contribution in [0.15, 0.2) is 12.2 Å². The van der Waals surface area contributed by atoms with Crippen molar-refractivity contribution in [2.45, 2.75) is 45.1 Å². The Kier molecular flexibility index (Phi) is 3.54. The molecular formula is C18H24N2O3. The maximum Gasteiger partial charge on any atom is 0.245 e. The Morgan fingerprint density at radius 1 is 1.00 bits per heavy atom. The van der Waals surface area contributed by atoms with Crippen molar-refractivity contribution in [1.82, 2.24) is 9.80 Å². The Labute approximate surface area is 136 Å². The van der Waals surface area contributed by atoms with E-state index >= 15 is 0 Å². The molecule has 5 nitrogen and oxygen atoms in total. The molecule has 2 aliphatic heterocycles. The molecule has 5 aliphatic rings. The highest BCUT2D eigenvalue weighted by atomic mass is 16.2. The van der Waals surface area contributed by atoms with Crippen molar-refractivity contribution in [2.75, 3.05) is 13.1 Å². The van der Waals surface area contributed by atoms with Gasteiger partial charge in [-0.15, -0.1) is 0 Å². The molecular weight excluding hydrogens is 292 g/mol. The Hall–Kier alpha value is -1.65. The van der Waals surface area contributed by atoms with Crippen molar-refractivity contribution in [3.8, 4) is 0 Å². The van der Waals surface area contributed by atoms with Gasteiger partial charge in [0, 0.05) is 13.1 Å². The molecule has 3 aliphatic carbocycles. The molecule has 2 heterocycles. The van der Waals surface area contributed by atoms with E-state index in [1.807, 2.05) is 4.90 Å². The second-order valence-electron chi connectivity index (χ2n) is 7.45. The lowest BCUT2D eigenvalue weighted by Crippen LogP contribution is -2.51. The fourth-order valence-electron chi connectivity index (χ4n) is 4.97. The second-order valence-corrected chi connectivity index (χ2v) is 7.45. The Bertz CT molecular complexity index is 547. The molecule has 0 unspecified atom stereocenters. The summed E-state index contributed by atoms with van der Waals surface area (Å²) in [5, 5.41) is 0. The Morgan fingerprint density at radius 3 is 2.00 bits per heavy atom. The molecule has 0 spiro atoms. The predicted molar refractivity (Wildman–Crippen MR) is 84.1 cm³/mol. The average Bonchev–Trinajstić information content (AvgIpc) is 2.89. The minimum Gasteiger partial charge on any atom is -0.341 e. The summed E-state index contributed by atoms with van der Waals surface area (Å²) in [4.78, 5) is 41.6. The van der Waals surface area contributed by atoms with E-state index < -0.39 is 6.04 Å². The number of rotatable bonds is 2. The third-order valence-electron chi connectivity index (χ3n) is 6.21. The highest BCUT2D eigenvalue weighted by molar-refractivity contribution is 6.09. The molecule has 5 rings (SSSR count). The summed E-state index contributed by atoms with van der Waals surface area (Å²) in [6.45, 7) is 3.22. The topological polar surface area (TPSA) is 57.7 Å². The van der Waals surface area contributed by atoms with Crippen LogP contribution >= 0.6 is 0 Å². The minimum absolute atomic E-state index is 0.0645. The third-order valence-corrected chi connectivity index (χ3v) is 6.21. The van der Waals surface area contributed by atoms with E-state index in [1.165, 1.54) is 4.90 Å². The second kappa shape index (κ2) is 5.46. The van der Waals surface area contributed by atoms with Crippen molar-refractivity contribution in [3.63, 3.8) is 0 Å². The van der Waals surface area contributed by atoms with Gasteiger partial charge in [0.1, 0.15) is 6.04 Å². The number of carbonyl (C=O) groups excluding carboxylic acids is 3. The van der Waals surface area contributed by atoms with Gasteiger partial charge in [0.2, 0.25) is 17.7 Å². The van der Waals surface area contributed by atoms with Gasteiger partial charge in [-0.3, -0.25) is 19.3 Å². The fraction of sp³-hybridized carbons (Fsp3) is 0.722. The Balaban J connectivity index is 1.56. The number of hydrogen-bond donors (Lipinski definition) is 0. The molecule has 3 amide bonds. The number of piperidine rings is 1. The molecule has 0 radical (unpaired) electrons. The first-order chi connectivity index (χ1) is 11.1. The van der Waals surface area contributed by atoms with E-state index in [9.17, 15) is 14.4 Å². The van der Waals surface area contributed by atoms with Gasteiger partial charge in [0.25, 0.3) is 0 Å². The van der Waals surface area contributed by atoms with E-state index in [0.717, 1.165) is 45.2 Å². The van der Waals surface area contributed by atoms with Crippen LogP contribution in [0.4, 0.5) is 0 Å². The van der Waals surface area contributed by atoms with Crippen molar-refractivity contribution in [3.05, 3.63) is 12.2 Å². The van der Waals surface area contributed by atoms with Crippen LogP contribution in [0, 0.1) is 23.7 Å². The van der Waals surface area contributed by atoms with Crippen molar-refractivity contribution in [1.29, 1.82) is 0 Å². The molecule has 0 N–H and O–H groups in total. The van der Waals surface area contributed by atoms with Crippen molar-refractivity contribution in [2.24, 2.45) is 23.7 Å². The zero-order chi connectivity index (χ0) is 16.1.